The zero-order chi connectivity index (χ0) is 11.5. The molecule has 15 heavy (non-hydrogen) atoms. The number of rotatable bonds is 1. The summed E-state index contributed by atoms with van der Waals surface area (Å²) >= 11 is 0. The molecule has 0 fully saturated rings. The quantitative estimate of drug-likeness (QED) is 0.666. The summed E-state index contributed by atoms with van der Waals surface area (Å²) in [6.07, 6.45) is 0. The van der Waals surface area contributed by atoms with Crippen molar-refractivity contribution in [3.05, 3.63) is 35.4 Å². The van der Waals surface area contributed by atoms with Gasteiger partial charge in [-0.1, -0.05) is 17.9 Å². The summed E-state index contributed by atoms with van der Waals surface area (Å²) in [5, 5.41) is 9.39. The molecule has 0 aliphatic heterocycles. The molecule has 0 radical (unpaired) electrons. The van der Waals surface area contributed by atoms with Crippen LogP contribution in [0.15, 0.2) is 24.3 Å². The second-order valence-corrected chi connectivity index (χ2v) is 3.75. The lowest BCUT2D eigenvalue weighted by Gasteiger charge is -2.05. The summed E-state index contributed by atoms with van der Waals surface area (Å²) in [6.45, 7) is 3.19. The molecule has 0 aliphatic carbocycles. The third-order valence-electron chi connectivity index (χ3n) is 1.66. The SMILES string of the molecule is CC(C)(O)C#Cc1cccc(C(N)=O)c1. The highest BCUT2D eigenvalue weighted by Gasteiger charge is 2.06. The summed E-state index contributed by atoms with van der Waals surface area (Å²) in [6, 6.07) is 6.68. The van der Waals surface area contributed by atoms with Gasteiger partial charge in [-0.2, -0.15) is 0 Å². The molecule has 1 amide bonds. The first kappa shape index (κ1) is 11.3. The van der Waals surface area contributed by atoms with Gasteiger partial charge in [-0.25, -0.2) is 0 Å². The number of hydrogen-bond donors (Lipinski definition) is 2. The average molecular weight is 203 g/mol. The van der Waals surface area contributed by atoms with Gasteiger partial charge in [0.2, 0.25) is 5.91 Å². The zero-order valence-corrected chi connectivity index (χ0v) is 8.74. The first-order chi connectivity index (χ1) is 6.88. The van der Waals surface area contributed by atoms with Crippen molar-refractivity contribution in [2.24, 2.45) is 5.73 Å². The molecule has 0 saturated carbocycles. The van der Waals surface area contributed by atoms with E-state index in [4.69, 9.17) is 5.73 Å². The van der Waals surface area contributed by atoms with Crippen molar-refractivity contribution in [2.75, 3.05) is 0 Å². The molecule has 1 aromatic rings. The molecule has 3 heteroatoms. The van der Waals surface area contributed by atoms with Gasteiger partial charge in [0.25, 0.3) is 0 Å². The Balaban J connectivity index is 3.00. The van der Waals surface area contributed by atoms with E-state index >= 15 is 0 Å². The van der Waals surface area contributed by atoms with E-state index in [2.05, 4.69) is 11.8 Å². The van der Waals surface area contributed by atoms with Crippen LogP contribution in [0.5, 0.6) is 0 Å². The molecule has 78 valence electrons. The minimum Gasteiger partial charge on any atom is -0.378 e. The van der Waals surface area contributed by atoms with Crippen LogP contribution in [0, 0.1) is 11.8 Å². The predicted molar refractivity (Wildman–Crippen MR) is 58.1 cm³/mol. The van der Waals surface area contributed by atoms with Crippen molar-refractivity contribution in [3.63, 3.8) is 0 Å². The highest BCUT2D eigenvalue weighted by molar-refractivity contribution is 5.93. The van der Waals surface area contributed by atoms with E-state index in [1.807, 2.05) is 0 Å². The fraction of sp³-hybridized carbons (Fsp3) is 0.250. The lowest BCUT2D eigenvalue weighted by molar-refractivity contribution is 0.1000. The highest BCUT2D eigenvalue weighted by atomic mass is 16.3. The van der Waals surface area contributed by atoms with Gasteiger partial charge in [0.05, 0.1) is 0 Å². The molecule has 0 atom stereocenters. The van der Waals surface area contributed by atoms with E-state index < -0.39 is 11.5 Å². The fourth-order valence-corrected chi connectivity index (χ4v) is 0.975. The third kappa shape index (κ3) is 3.84. The molecule has 0 aromatic heterocycles. The van der Waals surface area contributed by atoms with Crippen LogP contribution in [0.25, 0.3) is 0 Å². The number of hydrogen-bond acceptors (Lipinski definition) is 2. The van der Waals surface area contributed by atoms with E-state index in [9.17, 15) is 9.90 Å². The van der Waals surface area contributed by atoms with Gasteiger partial charge in [0.15, 0.2) is 0 Å². The predicted octanol–water partition coefficient (Wildman–Crippen LogP) is 0.908. The van der Waals surface area contributed by atoms with Crippen molar-refractivity contribution < 1.29 is 9.90 Å². The van der Waals surface area contributed by atoms with Crippen LogP contribution in [0.2, 0.25) is 0 Å². The molecular weight excluding hydrogens is 190 g/mol. The molecule has 0 unspecified atom stereocenters. The van der Waals surface area contributed by atoms with Crippen LogP contribution in [-0.2, 0) is 0 Å². The normalized spacial score (nSPS) is 10.3. The van der Waals surface area contributed by atoms with Crippen LogP contribution in [0.1, 0.15) is 29.8 Å². The number of carbonyl (C=O) groups excluding carboxylic acids is 1. The maximum Gasteiger partial charge on any atom is 0.248 e. The van der Waals surface area contributed by atoms with Crippen molar-refractivity contribution in [1.82, 2.24) is 0 Å². The Hall–Kier alpha value is -1.79. The van der Waals surface area contributed by atoms with Crippen molar-refractivity contribution in [1.29, 1.82) is 0 Å². The Kier molecular flexibility index (Phi) is 3.13. The Labute approximate surface area is 88.9 Å². The molecule has 0 aliphatic rings. The number of nitrogens with two attached hydrogens (primary N) is 1. The second-order valence-electron chi connectivity index (χ2n) is 3.75. The van der Waals surface area contributed by atoms with Gasteiger partial charge in [-0.15, -0.1) is 0 Å². The van der Waals surface area contributed by atoms with Crippen LogP contribution < -0.4 is 5.73 Å². The molecule has 0 heterocycles. The van der Waals surface area contributed by atoms with Gasteiger partial charge >= 0.3 is 0 Å². The minimum absolute atomic E-state index is 0.414. The van der Waals surface area contributed by atoms with Crippen LogP contribution in [-0.4, -0.2) is 16.6 Å². The summed E-state index contributed by atoms with van der Waals surface area (Å²) in [4.78, 5) is 10.9. The van der Waals surface area contributed by atoms with Gasteiger partial charge in [0.1, 0.15) is 5.60 Å². The topological polar surface area (TPSA) is 63.3 Å². The van der Waals surface area contributed by atoms with Gasteiger partial charge < -0.3 is 10.8 Å². The van der Waals surface area contributed by atoms with Crippen LogP contribution >= 0.6 is 0 Å². The largest absolute Gasteiger partial charge is 0.378 e. The van der Waals surface area contributed by atoms with Crippen LogP contribution in [0.4, 0.5) is 0 Å². The van der Waals surface area contributed by atoms with E-state index in [0.717, 1.165) is 0 Å². The molecule has 3 nitrogen and oxygen atoms in total. The van der Waals surface area contributed by atoms with E-state index in [-0.39, 0.29) is 0 Å². The first-order valence-corrected chi connectivity index (χ1v) is 4.54. The Morgan fingerprint density at radius 3 is 2.67 bits per heavy atom. The minimum atomic E-state index is -1.04. The molecule has 3 N–H and O–H groups in total. The van der Waals surface area contributed by atoms with Crippen molar-refractivity contribution in [2.45, 2.75) is 19.4 Å². The number of amides is 1. The Bertz CT molecular complexity index is 433. The number of aliphatic hydroxyl groups is 1. The number of benzene rings is 1. The fourth-order valence-electron chi connectivity index (χ4n) is 0.975. The Morgan fingerprint density at radius 2 is 2.13 bits per heavy atom. The molecule has 0 saturated heterocycles. The summed E-state index contributed by atoms with van der Waals surface area (Å²) in [5.41, 5.74) is 5.16. The van der Waals surface area contributed by atoms with E-state index in [1.165, 1.54) is 0 Å². The number of carbonyl (C=O) groups is 1. The number of primary amides is 1. The second kappa shape index (κ2) is 4.16. The van der Waals surface area contributed by atoms with Gasteiger partial charge in [0, 0.05) is 11.1 Å². The summed E-state index contributed by atoms with van der Waals surface area (Å²) in [5.74, 6) is 4.95. The summed E-state index contributed by atoms with van der Waals surface area (Å²) in [7, 11) is 0. The summed E-state index contributed by atoms with van der Waals surface area (Å²) < 4.78 is 0. The molecule has 1 aromatic carbocycles. The van der Waals surface area contributed by atoms with Crippen LogP contribution in [0.3, 0.4) is 0 Å². The highest BCUT2D eigenvalue weighted by Crippen LogP contribution is 2.04. The van der Waals surface area contributed by atoms with Gasteiger partial charge in [-0.3, -0.25) is 4.79 Å². The van der Waals surface area contributed by atoms with E-state index in [0.29, 0.717) is 11.1 Å². The standard InChI is InChI=1S/C12H13NO2/c1-12(2,15)7-6-9-4-3-5-10(8-9)11(13)14/h3-5,8,15H,1-2H3,(H2,13,14). The van der Waals surface area contributed by atoms with E-state index in [1.54, 1.807) is 38.1 Å². The molecular formula is C12H13NO2. The van der Waals surface area contributed by atoms with Crippen molar-refractivity contribution in [3.8, 4) is 11.8 Å². The zero-order valence-electron chi connectivity index (χ0n) is 8.74. The maximum atomic E-state index is 10.9. The lowest BCUT2D eigenvalue weighted by atomic mass is 10.1. The Morgan fingerprint density at radius 1 is 1.47 bits per heavy atom. The smallest absolute Gasteiger partial charge is 0.248 e. The molecule has 0 bridgehead atoms. The average Bonchev–Trinajstić information content (AvgIpc) is 2.14. The maximum absolute atomic E-state index is 10.9. The monoisotopic (exact) mass is 203 g/mol. The van der Waals surface area contributed by atoms with Gasteiger partial charge in [-0.05, 0) is 32.0 Å². The lowest BCUT2D eigenvalue weighted by Crippen LogP contribution is -2.14. The third-order valence-corrected chi connectivity index (χ3v) is 1.66. The van der Waals surface area contributed by atoms with Crippen molar-refractivity contribution >= 4 is 5.91 Å². The first-order valence-electron chi connectivity index (χ1n) is 4.54. The molecule has 0 spiro atoms. The molecule has 1 rings (SSSR count).